The smallest absolute Gasteiger partial charge is 0.0313 e. The van der Waals surface area contributed by atoms with Crippen LogP contribution in [0, 0.1) is 5.92 Å². The molecule has 1 heterocycles. The van der Waals surface area contributed by atoms with Crippen LogP contribution < -0.4 is 11.1 Å². The van der Waals surface area contributed by atoms with Gasteiger partial charge in [0.05, 0.1) is 0 Å². The Morgan fingerprint density at radius 1 is 1.62 bits per heavy atom. The Balaban J connectivity index is 2.04. The van der Waals surface area contributed by atoms with E-state index in [1.54, 1.807) is 0 Å². The maximum atomic E-state index is 5.89. The first-order valence-electron chi connectivity index (χ1n) is 3.31. The van der Waals surface area contributed by atoms with Gasteiger partial charge in [-0.15, -0.1) is 0 Å². The molecule has 0 aromatic heterocycles. The van der Waals surface area contributed by atoms with Gasteiger partial charge in [-0.2, -0.15) is 0 Å². The van der Waals surface area contributed by atoms with Gasteiger partial charge in [-0.3, -0.25) is 0 Å². The Kier molecular flexibility index (Phi) is 0.746. The number of hydrogen-bond acceptors (Lipinski definition) is 2. The molecule has 1 aliphatic carbocycles. The highest BCUT2D eigenvalue weighted by Gasteiger charge is 2.51. The lowest BCUT2D eigenvalue weighted by molar-refractivity contribution is 0.446. The molecule has 0 radical (unpaired) electrons. The Morgan fingerprint density at radius 3 is 3.00 bits per heavy atom. The molecule has 0 spiro atoms. The zero-order valence-corrected chi connectivity index (χ0v) is 4.98. The van der Waals surface area contributed by atoms with E-state index in [0.29, 0.717) is 0 Å². The largest absolute Gasteiger partial charge is 0.324 e. The summed E-state index contributed by atoms with van der Waals surface area (Å²) in [7, 11) is 0. The number of piperidine rings is 1. The van der Waals surface area contributed by atoms with Crippen molar-refractivity contribution in [3.8, 4) is 0 Å². The van der Waals surface area contributed by atoms with Gasteiger partial charge in [0.2, 0.25) is 0 Å². The average molecular weight is 112 g/mol. The van der Waals surface area contributed by atoms with Gasteiger partial charge in [0.25, 0.3) is 0 Å². The lowest BCUT2D eigenvalue weighted by Crippen LogP contribution is -2.42. The summed E-state index contributed by atoms with van der Waals surface area (Å²) in [4.78, 5) is 0. The maximum Gasteiger partial charge on any atom is 0.0313 e. The summed E-state index contributed by atoms with van der Waals surface area (Å²) in [5.41, 5.74) is 6.12. The van der Waals surface area contributed by atoms with E-state index in [9.17, 15) is 0 Å². The molecule has 2 atom stereocenters. The van der Waals surface area contributed by atoms with Gasteiger partial charge in [-0.1, -0.05) is 0 Å². The summed E-state index contributed by atoms with van der Waals surface area (Å²) in [6.45, 7) is 2.24. The van der Waals surface area contributed by atoms with Gasteiger partial charge < -0.3 is 11.1 Å². The van der Waals surface area contributed by atoms with Crippen molar-refractivity contribution in [1.82, 2.24) is 5.32 Å². The highest BCUT2D eigenvalue weighted by molar-refractivity contribution is 5.11. The van der Waals surface area contributed by atoms with Crippen LogP contribution in [0.25, 0.3) is 0 Å². The number of nitrogens with one attached hydrogen (secondary N) is 1. The van der Waals surface area contributed by atoms with E-state index in [4.69, 9.17) is 5.73 Å². The van der Waals surface area contributed by atoms with Crippen LogP contribution in [0.2, 0.25) is 0 Å². The third-order valence-corrected chi connectivity index (χ3v) is 2.40. The van der Waals surface area contributed by atoms with Gasteiger partial charge in [0.1, 0.15) is 0 Å². The average Bonchev–Trinajstić information content (AvgIpc) is 2.39. The second-order valence-corrected chi connectivity index (χ2v) is 3.10. The van der Waals surface area contributed by atoms with Crippen LogP contribution in [-0.4, -0.2) is 18.6 Å². The van der Waals surface area contributed by atoms with Crippen molar-refractivity contribution in [2.75, 3.05) is 13.1 Å². The summed E-state index contributed by atoms with van der Waals surface area (Å²) in [6.07, 6.45) is 2.57. The minimum absolute atomic E-state index is 0.234. The molecule has 1 saturated heterocycles. The van der Waals surface area contributed by atoms with Gasteiger partial charge in [-0.05, 0) is 25.3 Å². The molecule has 3 N–H and O–H groups in total. The Labute approximate surface area is 49.4 Å². The zero-order valence-electron chi connectivity index (χ0n) is 4.98. The minimum atomic E-state index is 0.234. The fourth-order valence-corrected chi connectivity index (χ4v) is 1.60. The molecule has 1 saturated carbocycles. The molecule has 0 amide bonds. The molecule has 2 nitrogen and oxygen atoms in total. The molecule has 0 aromatic rings. The van der Waals surface area contributed by atoms with Gasteiger partial charge in [0.15, 0.2) is 0 Å². The first kappa shape index (κ1) is 4.77. The van der Waals surface area contributed by atoms with Crippen LogP contribution in [0.15, 0.2) is 0 Å². The fraction of sp³-hybridized carbons (Fsp3) is 1.00. The van der Waals surface area contributed by atoms with Crippen molar-refractivity contribution < 1.29 is 0 Å². The lowest BCUT2D eigenvalue weighted by Gasteiger charge is -2.17. The van der Waals surface area contributed by atoms with Crippen molar-refractivity contribution in [3.05, 3.63) is 0 Å². The SMILES string of the molecule is NC12CNCCC1C2. The molecule has 2 fully saturated rings. The first-order chi connectivity index (χ1) is 3.81. The number of hydrogen-bond donors (Lipinski definition) is 2. The Bertz CT molecular complexity index is 111. The molecule has 8 heavy (non-hydrogen) atoms. The molecular weight excluding hydrogens is 100 g/mol. The molecule has 2 rings (SSSR count). The summed E-state index contributed by atoms with van der Waals surface area (Å²) >= 11 is 0. The number of nitrogens with two attached hydrogens (primary N) is 1. The van der Waals surface area contributed by atoms with Crippen LogP contribution in [-0.2, 0) is 0 Å². The third-order valence-electron chi connectivity index (χ3n) is 2.40. The van der Waals surface area contributed by atoms with E-state index in [2.05, 4.69) is 5.32 Å². The quantitative estimate of drug-likeness (QED) is 0.451. The topological polar surface area (TPSA) is 38.0 Å². The molecule has 0 bridgehead atoms. The van der Waals surface area contributed by atoms with E-state index in [1.807, 2.05) is 0 Å². The normalized spacial score (nSPS) is 52.9. The zero-order chi connectivity index (χ0) is 5.61. The summed E-state index contributed by atoms with van der Waals surface area (Å²) in [5, 5.41) is 3.29. The first-order valence-corrected chi connectivity index (χ1v) is 3.31. The van der Waals surface area contributed by atoms with Crippen molar-refractivity contribution in [3.63, 3.8) is 0 Å². The van der Waals surface area contributed by atoms with Crippen LogP contribution in [0.5, 0.6) is 0 Å². The van der Waals surface area contributed by atoms with Gasteiger partial charge in [0, 0.05) is 12.1 Å². The van der Waals surface area contributed by atoms with Crippen molar-refractivity contribution >= 4 is 0 Å². The van der Waals surface area contributed by atoms with E-state index < -0.39 is 0 Å². The van der Waals surface area contributed by atoms with Gasteiger partial charge in [-0.25, -0.2) is 0 Å². The molecule has 1 aliphatic heterocycles. The number of rotatable bonds is 0. The fourth-order valence-electron chi connectivity index (χ4n) is 1.60. The second-order valence-electron chi connectivity index (χ2n) is 3.10. The maximum absolute atomic E-state index is 5.89. The molecule has 2 aliphatic rings. The highest BCUT2D eigenvalue weighted by atomic mass is 15.0. The van der Waals surface area contributed by atoms with Gasteiger partial charge >= 0.3 is 0 Å². The van der Waals surface area contributed by atoms with Crippen molar-refractivity contribution in [1.29, 1.82) is 0 Å². The molecular formula is C6H12N2. The summed E-state index contributed by atoms with van der Waals surface area (Å²) < 4.78 is 0. The summed E-state index contributed by atoms with van der Waals surface area (Å²) in [5.74, 6) is 0.865. The summed E-state index contributed by atoms with van der Waals surface area (Å²) in [6, 6.07) is 0. The predicted octanol–water partition coefficient (Wildman–Crippen LogP) is -0.303. The second kappa shape index (κ2) is 1.25. The van der Waals surface area contributed by atoms with Crippen LogP contribution in [0.1, 0.15) is 12.8 Å². The van der Waals surface area contributed by atoms with Crippen molar-refractivity contribution in [2.45, 2.75) is 18.4 Å². The predicted molar refractivity (Wildman–Crippen MR) is 32.5 cm³/mol. The van der Waals surface area contributed by atoms with Crippen molar-refractivity contribution in [2.24, 2.45) is 11.7 Å². The lowest BCUT2D eigenvalue weighted by atomic mass is 10.1. The van der Waals surface area contributed by atoms with Crippen LogP contribution in [0.3, 0.4) is 0 Å². The Hall–Kier alpha value is -0.0800. The monoisotopic (exact) mass is 112 g/mol. The van der Waals surface area contributed by atoms with E-state index in [-0.39, 0.29) is 5.54 Å². The standard InChI is InChI=1S/C6H12N2/c7-6-3-5(6)1-2-8-4-6/h5,8H,1-4,7H2. The van der Waals surface area contributed by atoms with E-state index in [0.717, 1.165) is 12.5 Å². The highest BCUT2D eigenvalue weighted by Crippen LogP contribution is 2.44. The minimum Gasteiger partial charge on any atom is -0.324 e. The van der Waals surface area contributed by atoms with E-state index >= 15 is 0 Å². The third kappa shape index (κ3) is 0.501. The molecule has 46 valence electrons. The van der Waals surface area contributed by atoms with E-state index in [1.165, 1.54) is 19.4 Å². The molecule has 0 aromatic carbocycles. The molecule has 2 unspecified atom stereocenters. The Morgan fingerprint density at radius 2 is 2.50 bits per heavy atom. The van der Waals surface area contributed by atoms with Crippen LogP contribution >= 0.6 is 0 Å². The number of fused-ring (bicyclic) bond motifs is 1. The van der Waals surface area contributed by atoms with Crippen LogP contribution in [0.4, 0.5) is 0 Å². The molecule has 2 heteroatoms.